The number of carbonyl (C=O) groups is 2. The second kappa shape index (κ2) is 19.6. The van der Waals surface area contributed by atoms with E-state index in [-0.39, 0.29) is 35.6 Å². The first kappa shape index (κ1) is 45.5. The van der Waals surface area contributed by atoms with Crippen LogP contribution in [0, 0.1) is 17.8 Å². The van der Waals surface area contributed by atoms with E-state index < -0.39 is 38.8 Å². The van der Waals surface area contributed by atoms with Crippen molar-refractivity contribution in [3.63, 3.8) is 0 Å². The van der Waals surface area contributed by atoms with Gasteiger partial charge in [0.1, 0.15) is 5.75 Å². The summed E-state index contributed by atoms with van der Waals surface area (Å²) < 4.78 is 7.50. The van der Waals surface area contributed by atoms with Crippen molar-refractivity contribution in [2.45, 2.75) is 70.9 Å². The molecule has 4 atom stereocenters. The highest BCUT2D eigenvalue weighted by Gasteiger charge is 2.56. The maximum absolute atomic E-state index is 14.7. The summed E-state index contributed by atoms with van der Waals surface area (Å²) in [7, 11) is -3.08. The predicted molar refractivity (Wildman–Crippen MR) is 265 cm³/mol. The SMILES string of the molecule is CCC/C(=C\c1ccc(O)c2ccccc12)CC[C@@H](O)C1=C(CO[Si](c2ccccc2)(c2ccccc2)C(C)(C)C)C[C@H]2C(=O)N(c3ccc(Nc4ccccc4)cc3)C(=O)[C@H]2[C@H]1CO. The van der Waals surface area contributed by atoms with Crippen LogP contribution in [0.4, 0.5) is 17.1 Å². The molecule has 1 saturated heterocycles. The maximum atomic E-state index is 14.7. The minimum absolute atomic E-state index is 0.123. The van der Waals surface area contributed by atoms with Gasteiger partial charge in [-0.3, -0.25) is 14.5 Å². The number of aromatic hydroxyl groups is 1. The van der Waals surface area contributed by atoms with E-state index >= 15 is 0 Å². The van der Waals surface area contributed by atoms with Crippen LogP contribution in [0.15, 0.2) is 168 Å². The van der Waals surface area contributed by atoms with Gasteiger partial charge < -0.3 is 25.1 Å². The number of fused-ring (bicyclic) bond motifs is 2. The number of aliphatic hydroxyl groups excluding tert-OH is 2. The first-order valence-corrected chi connectivity index (χ1v) is 24.8. The number of anilines is 3. The van der Waals surface area contributed by atoms with Crippen LogP contribution in [0.2, 0.25) is 5.04 Å². The zero-order valence-electron chi connectivity index (χ0n) is 37.8. The third kappa shape index (κ3) is 9.11. The molecule has 0 aromatic heterocycles. The van der Waals surface area contributed by atoms with Gasteiger partial charge in [0.25, 0.3) is 8.32 Å². The number of imide groups is 1. The molecule has 0 spiro atoms. The van der Waals surface area contributed by atoms with E-state index in [1.807, 2.05) is 109 Å². The molecule has 8 nitrogen and oxygen atoms in total. The Balaban J connectivity index is 1.17. The average molecular weight is 885 g/mol. The van der Waals surface area contributed by atoms with Gasteiger partial charge in [0.2, 0.25) is 11.8 Å². The summed E-state index contributed by atoms with van der Waals surface area (Å²) in [6.45, 7) is 8.49. The van der Waals surface area contributed by atoms with Crippen LogP contribution in [-0.4, -0.2) is 54.8 Å². The Kier molecular flexibility index (Phi) is 13.7. The molecule has 2 amide bonds. The molecule has 9 heteroatoms. The number of allylic oxidation sites excluding steroid dienone is 1. The number of carbonyl (C=O) groups excluding carboxylic acids is 2. The van der Waals surface area contributed by atoms with Crippen LogP contribution in [0.3, 0.4) is 0 Å². The highest BCUT2D eigenvalue weighted by Crippen LogP contribution is 2.48. The molecule has 2 aliphatic rings. The van der Waals surface area contributed by atoms with Gasteiger partial charge in [-0.15, -0.1) is 0 Å². The number of benzene rings is 6. The van der Waals surface area contributed by atoms with Crippen LogP contribution in [-0.2, 0) is 14.0 Å². The first-order valence-electron chi connectivity index (χ1n) is 22.9. The van der Waals surface area contributed by atoms with Crippen molar-refractivity contribution in [2.24, 2.45) is 17.8 Å². The summed E-state index contributed by atoms with van der Waals surface area (Å²) in [4.78, 5) is 30.6. The van der Waals surface area contributed by atoms with Crippen LogP contribution in [0.25, 0.3) is 16.8 Å². The highest BCUT2D eigenvalue weighted by molar-refractivity contribution is 6.99. The van der Waals surface area contributed by atoms with Crippen molar-refractivity contribution >= 4 is 64.4 Å². The van der Waals surface area contributed by atoms with Crippen molar-refractivity contribution in [3.8, 4) is 5.75 Å². The second-order valence-electron chi connectivity index (χ2n) is 18.5. The fourth-order valence-corrected chi connectivity index (χ4v) is 15.0. The molecule has 0 saturated carbocycles. The van der Waals surface area contributed by atoms with Crippen molar-refractivity contribution in [2.75, 3.05) is 23.4 Å². The fourth-order valence-electron chi connectivity index (χ4n) is 10.4. The molecule has 0 bridgehead atoms. The number of phenolic OH excluding ortho intramolecular Hbond substituents is 1. The van der Waals surface area contributed by atoms with Gasteiger partial charge in [-0.25, -0.2) is 0 Å². The van der Waals surface area contributed by atoms with Crippen molar-refractivity contribution in [1.29, 1.82) is 0 Å². The molecular formula is C56H60N2O6Si. The number of hydrogen-bond donors (Lipinski definition) is 4. The third-order valence-corrected chi connectivity index (χ3v) is 18.4. The Morgan fingerprint density at radius 1 is 0.769 bits per heavy atom. The molecule has 4 N–H and O–H groups in total. The molecule has 0 radical (unpaired) electrons. The van der Waals surface area contributed by atoms with Gasteiger partial charge in [0.15, 0.2) is 0 Å². The highest BCUT2D eigenvalue weighted by atomic mass is 28.4. The van der Waals surface area contributed by atoms with Crippen LogP contribution >= 0.6 is 0 Å². The molecule has 1 aliphatic carbocycles. The Labute approximate surface area is 384 Å². The molecular weight excluding hydrogens is 825 g/mol. The summed E-state index contributed by atoms with van der Waals surface area (Å²) in [6, 6.07) is 49.2. The Bertz CT molecular complexity index is 2640. The van der Waals surface area contributed by atoms with E-state index in [4.69, 9.17) is 4.43 Å². The van der Waals surface area contributed by atoms with Gasteiger partial charge in [0, 0.05) is 22.7 Å². The van der Waals surface area contributed by atoms with E-state index in [9.17, 15) is 24.9 Å². The number of aliphatic hydroxyl groups is 2. The lowest BCUT2D eigenvalue weighted by Gasteiger charge is -2.44. The number of amides is 2. The largest absolute Gasteiger partial charge is 0.507 e. The van der Waals surface area contributed by atoms with Crippen LogP contribution in [0.1, 0.15) is 65.4 Å². The lowest BCUT2D eigenvalue weighted by molar-refractivity contribution is -0.123. The number of phenols is 1. The van der Waals surface area contributed by atoms with Crippen molar-refractivity contribution in [1.82, 2.24) is 0 Å². The van der Waals surface area contributed by atoms with E-state index in [2.05, 4.69) is 63.4 Å². The maximum Gasteiger partial charge on any atom is 0.261 e. The smallest absolute Gasteiger partial charge is 0.261 e. The minimum atomic E-state index is -3.08. The monoisotopic (exact) mass is 884 g/mol. The number of rotatable bonds is 16. The Morgan fingerprint density at radius 2 is 1.35 bits per heavy atom. The zero-order valence-corrected chi connectivity index (χ0v) is 38.8. The van der Waals surface area contributed by atoms with Crippen LogP contribution < -0.4 is 20.6 Å². The molecule has 6 aromatic carbocycles. The summed E-state index contributed by atoms with van der Waals surface area (Å²) in [6.07, 6.45) is 3.97. The summed E-state index contributed by atoms with van der Waals surface area (Å²) in [5.41, 5.74) is 5.70. The number of nitrogens with zero attached hydrogens (tertiary/aromatic N) is 1. The van der Waals surface area contributed by atoms with E-state index in [0.717, 1.165) is 62.1 Å². The van der Waals surface area contributed by atoms with Gasteiger partial charge in [-0.2, -0.15) is 0 Å². The molecule has 0 unspecified atom stereocenters. The topological polar surface area (TPSA) is 119 Å². The quantitative estimate of drug-likeness (QED) is 0.0434. The molecule has 334 valence electrons. The number of para-hydroxylation sites is 1. The number of hydrogen-bond acceptors (Lipinski definition) is 7. The zero-order chi connectivity index (χ0) is 45.7. The molecule has 6 aromatic rings. The molecule has 1 fully saturated rings. The van der Waals surface area contributed by atoms with Crippen molar-refractivity contribution < 1.29 is 29.3 Å². The second-order valence-corrected chi connectivity index (χ2v) is 22.8. The standard InChI is InChI=1S/C56H60N2O6Si/c1-5-17-38(34-39-27-33-50(60)47-25-16-15-24-46(39)47)26-32-51(61)52-40(37-64-65(56(2,3)4,44-20-11-7-12-21-44)45-22-13-8-14-23-45)35-48-53(49(52)36-59)55(63)58(54(48)62)43-30-28-42(29-31-43)57-41-18-9-6-10-19-41/h6-16,18-25,27-31,33-34,48-49,51,53,57,59-61H,5,17,26,32,35-37H2,1-4H3/b38-34+/t48-,49+,51-,53-/m1/s1. The van der Waals surface area contributed by atoms with E-state index in [0.29, 0.717) is 24.1 Å². The Morgan fingerprint density at radius 3 is 1.95 bits per heavy atom. The molecule has 65 heavy (non-hydrogen) atoms. The van der Waals surface area contributed by atoms with Crippen molar-refractivity contribution in [3.05, 3.63) is 174 Å². The summed E-state index contributed by atoms with van der Waals surface area (Å²) in [5.74, 6) is -2.86. The summed E-state index contributed by atoms with van der Waals surface area (Å²) in [5, 5.41) is 41.5. The first-order chi connectivity index (χ1) is 31.4. The van der Waals surface area contributed by atoms with Gasteiger partial charge in [-0.05, 0) is 106 Å². The summed E-state index contributed by atoms with van der Waals surface area (Å²) >= 11 is 0. The normalized spacial score (nSPS) is 18.6. The number of nitrogens with one attached hydrogen (secondary N) is 1. The van der Waals surface area contributed by atoms with Gasteiger partial charge >= 0.3 is 0 Å². The Hall–Kier alpha value is -6.10. The fraction of sp³-hybridized carbons (Fsp3) is 0.286. The lowest BCUT2D eigenvalue weighted by atomic mass is 9.68. The molecule has 1 aliphatic heterocycles. The van der Waals surface area contributed by atoms with Crippen LogP contribution in [0.5, 0.6) is 5.75 Å². The lowest BCUT2D eigenvalue weighted by Crippen LogP contribution is -2.66. The molecule has 8 rings (SSSR count). The van der Waals surface area contributed by atoms with Gasteiger partial charge in [0.05, 0.1) is 36.8 Å². The predicted octanol–water partition coefficient (Wildman–Crippen LogP) is 10.3. The van der Waals surface area contributed by atoms with Gasteiger partial charge in [-0.1, -0.05) is 155 Å². The average Bonchev–Trinajstić information content (AvgIpc) is 3.57. The third-order valence-electron chi connectivity index (χ3n) is 13.4. The van der Waals surface area contributed by atoms with E-state index in [1.165, 1.54) is 4.90 Å². The molecule has 1 heterocycles. The minimum Gasteiger partial charge on any atom is -0.507 e. The van der Waals surface area contributed by atoms with E-state index in [1.54, 1.807) is 18.2 Å².